The number of nitrogen functional groups attached to an aromatic ring is 1. The second kappa shape index (κ2) is 6.97. The summed E-state index contributed by atoms with van der Waals surface area (Å²) in [5, 5.41) is 3.10. The van der Waals surface area contributed by atoms with E-state index in [0.717, 1.165) is 6.61 Å². The van der Waals surface area contributed by atoms with Crippen LogP contribution in [0.3, 0.4) is 0 Å². The highest BCUT2D eigenvalue weighted by molar-refractivity contribution is 5.40. The molecule has 1 aromatic rings. The third kappa shape index (κ3) is 4.90. The summed E-state index contributed by atoms with van der Waals surface area (Å²) in [4.78, 5) is 8.13. The summed E-state index contributed by atoms with van der Waals surface area (Å²) in [6, 6.07) is 0. The normalized spacial score (nSPS) is 10.5. The van der Waals surface area contributed by atoms with Crippen molar-refractivity contribution < 1.29 is 4.74 Å². The van der Waals surface area contributed by atoms with Crippen molar-refractivity contribution in [3.8, 4) is 0 Å². The van der Waals surface area contributed by atoms with E-state index in [2.05, 4.69) is 34.6 Å². The van der Waals surface area contributed by atoms with Gasteiger partial charge in [-0.1, -0.05) is 13.8 Å². The summed E-state index contributed by atoms with van der Waals surface area (Å²) >= 11 is 0. The van der Waals surface area contributed by atoms with Crippen molar-refractivity contribution in [2.45, 2.75) is 13.8 Å². The van der Waals surface area contributed by atoms with Crippen molar-refractivity contribution in [3.05, 3.63) is 12.4 Å². The quantitative estimate of drug-likeness (QED) is 0.362. The average Bonchev–Trinajstić information content (AvgIpc) is 2.28. The number of anilines is 2. The fourth-order valence-electron chi connectivity index (χ4n) is 1.09. The first kappa shape index (κ1) is 12.7. The lowest BCUT2D eigenvalue weighted by Crippen LogP contribution is -2.14. The molecular formula is C10H19N5O. The van der Waals surface area contributed by atoms with E-state index >= 15 is 0 Å². The first-order valence-electron chi connectivity index (χ1n) is 5.32. The van der Waals surface area contributed by atoms with Gasteiger partial charge in [-0.2, -0.15) is 0 Å². The molecule has 0 radical (unpaired) electrons. The molecule has 0 unspecified atom stereocenters. The molecule has 0 atom stereocenters. The van der Waals surface area contributed by atoms with Gasteiger partial charge in [-0.25, -0.2) is 10.8 Å². The predicted molar refractivity (Wildman–Crippen MR) is 64.0 cm³/mol. The molecule has 90 valence electrons. The Balaban J connectivity index is 2.21. The van der Waals surface area contributed by atoms with E-state index in [1.807, 2.05) is 0 Å². The number of hydrogen-bond acceptors (Lipinski definition) is 6. The molecule has 0 aliphatic carbocycles. The second-order valence-corrected chi connectivity index (χ2v) is 3.83. The summed E-state index contributed by atoms with van der Waals surface area (Å²) in [6.07, 6.45) is 3.20. The number of hydrazine groups is 1. The Morgan fingerprint density at radius 3 is 2.81 bits per heavy atom. The van der Waals surface area contributed by atoms with Gasteiger partial charge >= 0.3 is 0 Å². The van der Waals surface area contributed by atoms with E-state index < -0.39 is 0 Å². The van der Waals surface area contributed by atoms with Crippen LogP contribution < -0.4 is 16.6 Å². The Morgan fingerprint density at radius 2 is 2.12 bits per heavy atom. The average molecular weight is 225 g/mol. The Hall–Kier alpha value is -1.40. The fourth-order valence-corrected chi connectivity index (χ4v) is 1.09. The minimum atomic E-state index is 0.535. The fraction of sp³-hybridized carbons (Fsp3) is 0.600. The summed E-state index contributed by atoms with van der Waals surface area (Å²) in [7, 11) is 0. The molecule has 4 N–H and O–H groups in total. The van der Waals surface area contributed by atoms with Crippen molar-refractivity contribution in [2.75, 3.05) is 30.5 Å². The van der Waals surface area contributed by atoms with Gasteiger partial charge in [0.15, 0.2) is 5.82 Å². The monoisotopic (exact) mass is 225 g/mol. The van der Waals surface area contributed by atoms with E-state index in [-0.39, 0.29) is 0 Å². The first-order valence-corrected chi connectivity index (χ1v) is 5.32. The third-order valence-corrected chi connectivity index (χ3v) is 1.79. The number of rotatable bonds is 7. The molecule has 16 heavy (non-hydrogen) atoms. The molecule has 0 aliphatic rings. The van der Waals surface area contributed by atoms with Gasteiger partial charge in [0, 0.05) is 13.2 Å². The molecule has 0 saturated carbocycles. The molecule has 1 rings (SSSR count). The van der Waals surface area contributed by atoms with E-state index in [1.54, 1.807) is 12.4 Å². The molecule has 0 fully saturated rings. The lowest BCUT2D eigenvalue weighted by Gasteiger charge is -2.08. The smallest absolute Gasteiger partial charge is 0.160 e. The number of hydrogen-bond donors (Lipinski definition) is 3. The largest absolute Gasteiger partial charge is 0.379 e. The molecule has 0 aromatic carbocycles. The maximum Gasteiger partial charge on any atom is 0.160 e. The highest BCUT2D eigenvalue weighted by atomic mass is 16.5. The van der Waals surface area contributed by atoms with Crippen molar-refractivity contribution in [3.63, 3.8) is 0 Å². The maximum absolute atomic E-state index is 5.42. The molecular weight excluding hydrogens is 206 g/mol. The van der Waals surface area contributed by atoms with Crippen LogP contribution in [-0.2, 0) is 4.74 Å². The Kier molecular flexibility index (Phi) is 5.52. The Bertz CT molecular complexity index is 305. The standard InChI is InChI=1S/C10H19N5O/c1-8(2)7-16-4-3-13-9-5-12-6-10(14-9)15-11/h5-6,8H,3-4,7,11H2,1-2H3,(H2,13,14,15). The maximum atomic E-state index is 5.42. The molecule has 0 aliphatic heterocycles. The van der Waals surface area contributed by atoms with E-state index in [9.17, 15) is 0 Å². The molecule has 6 nitrogen and oxygen atoms in total. The van der Waals surface area contributed by atoms with Crippen LogP contribution in [-0.4, -0.2) is 29.7 Å². The zero-order valence-corrected chi connectivity index (χ0v) is 9.73. The SMILES string of the molecule is CC(C)COCCNc1cncc(NN)n1. The summed E-state index contributed by atoms with van der Waals surface area (Å²) in [6.45, 7) is 6.37. The van der Waals surface area contributed by atoms with Gasteiger partial charge in [-0.3, -0.25) is 4.98 Å². The lowest BCUT2D eigenvalue weighted by atomic mass is 10.2. The molecule has 0 spiro atoms. The van der Waals surface area contributed by atoms with E-state index in [4.69, 9.17) is 10.6 Å². The van der Waals surface area contributed by atoms with E-state index in [1.165, 1.54) is 0 Å². The van der Waals surface area contributed by atoms with Gasteiger partial charge < -0.3 is 15.5 Å². The first-order chi connectivity index (χ1) is 7.72. The highest BCUT2D eigenvalue weighted by Gasteiger charge is 1.97. The zero-order valence-electron chi connectivity index (χ0n) is 9.73. The topological polar surface area (TPSA) is 85.1 Å². The Morgan fingerprint density at radius 1 is 1.38 bits per heavy atom. The van der Waals surface area contributed by atoms with Gasteiger partial charge in [0.1, 0.15) is 5.82 Å². The van der Waals surface area contributed by atoms with Crippen molar-refractivity contribution in [2.24, 2.45) is 11.8 Å². The van der Waals surface area contributed by atoms with Crippen molar-refractivity contribution in [1.82, 2.24) is 9.97 Å². The van der Waals surface area contributed by atoms with Gasteiger partial charge in [0.2, 0.25) is 0 Å². The minimum Gasteiger partial charge on any atom is -0.379 e. The summed E-state index contributed by atoms with van der Waals surface area (Å²) < 4.78 is 5.42. The second-order valence-electron chi connectivity index (χ2n) is 3.83. The molecule has 0 amide bonds. The van der Waals surface area contributed by atoms with Gasteiger partial charge in [-0.05, 0) is 5.92 Å². The van der Waals surface area contributed by atoms with Gasteiger partial charge in [0.05, 0.1) is 19.0 Å². The van der Waals surface area contributed by atoms with Crippen LogP contribution >= 0.6 is 0 Å². The van der Waals surface area contributed by atoms with Crippen LogP contribution in [0.15, 0.2) is 12.4 Å². The number of ether oxygens (including phenoxy) is 1. The molecule has 1 heterocycles. The van der Waals surface area contributed by atoms with Crippen LogP contribution in [0.5, 0.6) is 0 Å². The van der Waals surface area contributed by atoms with Gasteiger partial charge in [-0.15, -0.1) is 0 Å². The molecule has 1 aromatic heterocycles. The third-order valence-electron chi connectivity index (χ3n) is 1.79. The highest BCUT2D eigenvalue weighted by Crippen LogP contribution is 2.04. The van der Waals surface area contributed by atoms with Crippen LogP contribution in [0.25, 0.3) is 0 Å². The van der Waals surface area contributed by atoms with Crippen LogP contribution in [0, 0.1) is 5.92 Å². The van der Waals surface area contributed by atoms with Crippen LogP contribution in [0.1, 0.15) is 13.8 Å². The van der Waals surface area contributed by atoms with Gasteiger partial charge in [0.25, 0.3) is 0 Å². The van der Waals surface area contributed by atoms with E-state index in [0.29, 0.717) is 30.7 Å². The minimum absolute atomic E-state index is 0.535. The molecule has 0 saturated heterocycles. The number of aromatic nitrogens is 2. The summed E-state index contributed by atoms with van der Waals surface area (Å²) in [5.74, 6) is 7.00. The van der Waals surface area contributed by atoms with Crippen LogP contribution in [0.4, 0.5) is 11.6 Å². The number of nitrogens with two attached hydrogens (primary N) is 1. The number of nitrogens with zero attached hydrogens (tertiary/aromatic N) is 2. The van der Waals surface area contributed by atoms with Crippen LogP contribution in [0.2, 0.25) is 0 Å². The zero-order chi connectivity index (χ0) is 11.8. The molecule has 6 heteroatoms. The predicted octanol–water partition coefficient (Wildman–Crippen LogP) is 0.847. The van der Waals surface area contributed by atoms with Crippen molar-refractivity contribution >= 4 is 11.6 Å². The van der Waals surface area contributed by atoms with Crippen molar-refractivity contribution in [1.29, 1.82) is 0 Å². The lowest BCUT2D eigenvalue weighted by molar-refractivity contribution is 0.118. The molecule has 0 bridgehead atoms. The number of nitrogens with one attached hydrogen (secondary N) is 2. The Labute approximate surface area is 95.6 Å². The summed E-state index contributed by atoms with van der Waals surface area (Å²) in [5.41, 5.74) is 2.44.